The average Bonchev–Trinajstić information content (AvgIpc) is 3.22. The van der Waals surface area contributed by atoms with E-state index in [4.69, 9.17) is 13.8 Å². The van der Waals surface area contributed by atoms with Gasteiger partial charge in [0, 0.05) is 12.8 Å². The number of unbranched alkanes of at least 4 members (excludes halogenated alkanes) is 19. The summed E-state index contributed by atoms with van der Waals surface area (Å²) in [6, 6.07) is -1.58. The zero-order valence-corrected chi connectivity index (χ0v) is 38.4. The van der Waals surface area contributed by atoms with Gasteiger partial charge in [-0.15, -0.1) is 0 Å². The molecule has 0 aliphatic rings. The molecule has 346 valence electrons. The predicted octanol–water partition coefficient (Wildman–Crippen LogP) is 12.3. The third-order valence-corrected chi connectivity index (χ3v) is 10.7. The van der Waals surface area contributed by atoms with Crippen molar-refractivity contribution in [3.63, 3.8) is 0 Å². The summed E-state index contributed by atoms with van der Waals surface area (Å²) in [4.78, 5) is 45.9. The van der Waals surface area contributed by atoms with Crippen LogP contribution in [0.25, 0.3) is 0 Å². The molecule has 0 aromatic carbocycles. The van der Waals surface area contributed by atoms with Crippen LogP contribution in [-0.2, 0) is 32.7 Å². The van der Waals surface area contributed by atoms with Gasteiger partial charge in [0.15, 0.2) is 6.04 Å². The Morgan fingerprint density at radius 1 is 0.533 bits per heavy atom. The number of ether oxygens (including phenoxy) is 1. The Labute approximate surface area is 364 Å². The van der Waals surface area contributed by atoms with Gasteiger partial charge < -0.3 is 25.2 Å². The first kappa shape index (κ1) is 57.2. The first-order chi connectivity index (χ1) is 29.1. The molecule has 0 aliphatic carbocycles. The van der Waals surface area contributed by atoms with Crippen LogP contribution in [0.4, 0.5) is 0 Å². The number of phosphoric ester groups is 1. The molecule has 0 rings (SSSR count). The van der Waals surface area contributed by atoms with Gasteiger partial charge >= 0.3 is 19.8 Å². The number of aliphatic hydroxyl groups excluding tert-OH is 1. The first-order valence-corrected chi connectivity index (χ1v) is 24.8. The molecule has 11 nitrogen and oxygen atoms in total. The summed E-state index contributed by atoms with van der Waals surface area (Å²) in [6.45, 7) is 2.52. The van der Waals surface area contributed by atoms with Gasteiger partial charge in [-0.1, -0.05) is 164 Å². The number of carboxylic acid groups (broad SMARTS) is 1. The molecule has 3 atom stereocenters. The minimum Gasteiger partial charge on any atom is -0.480 e. The van der Waals surface area contributed by atoms with Crippen LogP contribution in [-0.4, -0.2) is 64.9 Å². The molecule has 0 spiro atoms. The molecule has 0 saturated carbocycles. The number of aliphatic hydroxyl groups is 1. The van der Waals surface area contributed by atoms with Crippen LogP contribution in [0, 0.1) is 0 Å². The van der Waals surface area contributed by atoms with E-state index in [2.05, 4.69) is 67.8 Å². The van der Waals surface area contributed by atoms with Crippen LogP contribution in [0.15, 0.2) is 60.8 Å². The van der Waals surface area contributed by atoms with E-state index < -0.39 is 57.6 Å². The number of aliphatic carboxylic acids is 1. The fourth-order valence-corrected chi connectivity index (χ4v) is 6.90. The highest BCUT2D eigenvalue weighted by Gasteiger charge is 2.28. The topological polar surface area (TPSA) is 169 Å². The van der Waals surface area contributed by atoms with E-state index in [1.807, 2.05) is 12.2 Å². The van der Waals surface area contributed by atoms with E-state index in [1.54, 1.807) is 0 Å². The van der Waals surface area contributed by atoms with Gasteiger partial charge in [-0.2, -0.15) is 0 Å². The van der Waals surface area contributed by atoms with Gasteiger partial charge in [0.25, 0.3) is 0 Å². The monoisotopic (exact) mass is 866 g/mol. The summed E-state index contributed by atoms with van der Waals surface area (Å²) in [7, 11) is -4.78. The first-order valence-electron chi connectivity index (χ1n) is 23.3. The van der Waals surface area contributed by atoms with E-state index >= 15 is 0 Å². The molecule has 0 fully saturated rings. The number of nitrogens with one attached hydrogen (secondary N) is 1. The summed E-state index contributed by atoms with van der Waals surface area (Å²) in [5, 5.41) is 21.8. The van der Waals surface area contributed by atoms with Crippen LogP contribution < -0.4 is 5.32 Å². The molecule has 0 aromatic heterocycles. The minimum atomic E-state index is -4.78. The van der Waals surface area contributed by atoms with E-state index in [0.29, 0.717) is 19.3 Å². The second kappa shape index (κ2) is 42.9. The molecule has 0 radical (unpaired) electrons. The van der Waals surface area contributed by atoms with Crippen LogP contribution in [0.3, 0.4) is 0 Å². The zero-order chi connectivity index (χ0) is 44.2. The van der Waals surface area contributed by atoms with Gasteiger partial charge in [-0.05, 0) is 77.0 Å². The van der Waals surface area contributed by atoms with Crippen molar-refractivity contribution in [1.29, 1.82) is 0 Å². The summed E-state index contributed by atoms with van der Waals surface area (Å²) in [6.07, 6.45) is 49.7. The maximum absolute atomic E-state index is 12.3. The summed E-state index contributed by atoms with van der Waals surface area (Å²) in [5.74, 6) is -2.46. The SMILES string of the molecule is CCCCC/C=C\C/C=C\C/C=C\C/C=C\CCCC(=O)NC(COP(=O)(O)OCC(O)COC(=O)CCCCCCCCCCC/C=C/CCCCCCCC)C(=O)O. The lowest BCUT2D eigenvalue weighted by molar-refractivity contribution is -0.147. The Morgan fingerprint density at radius 2 is 0.933 bits per heavy atom. The van der Waals surface area contributed by atoms with Gasteiger partial charge in [0.2, 0.25) is 5.91 Å². The van der Waals surface area contributed by atoms with E-state index in [0.717, 1.165) is 44.9 Å². The van der Waals surface area contributed by atoms with Crippen molar-refractivity contribution in [3.8, 4) is 0 Å². The number of hydrogen-bond acceptors (Lipinski definition) is 8. The smallest absolute Gasteiger partial charge is 0.472 e. The molecule has 0 heterocycles. The molecular weight excluding hydrogens is 781 g/mol. The van der Waals surface area contributed by atoms with Crippen molar-refractivity contribution in [3.05, 3.63) is 60.8 Å². The molecule has 0 bridgehead atoms. The number of rotatable bonds is 43. The summed E-state index contributed by atoms with van der Waals surface area (Å²) in [5.41, 5.74) is 0. The number of allylic oxidation sites excluding steroid dienone is 10. The quantitative estimate of drug-likeness (QED) is 0.0200. The Kier molecular flexibility index (Phi) is 40.8. The van der Waals surface area contributed by atoms with E-state index in [-0.39, 0.29) is 12.8 Å². The third kappa shape index (κ3) is 41.9. The number of hydrogen-bond donors (Lipinski definition) is 4. The summed E-state index contributed by atoms with van der Waals surface area (Å²) >= 11 is 0. The largest absolute Gasteiger partial charge is 0.480 e. The average molecular weight is 866 g/mol. The van der Waals surface area contributed by atoms with E-state index in [1.165, 1.54) is 103 Å². The number of amides is 1. The van der Waals surface area contributed by atoms with Crippen molar-refractivity contribution in [2.24, 2.45) is 0 Å². The van der Waals surface area contributed by atoms with Gasteiger partial charge in [0.1, 0.15) is 12.7 Å². The predicted molar refractivity (Wildman–Crippen MR) is 245 cm³/mol. The molecule has 12 heteroatoms. The molecular formula is C48H84NO10P. The lowest BCUT2D eigenvalue weighted by atomic mass is 10.1. The van der Waals surface area contributed by atoms with Crippen LogP contribution >= 0.6 is 7.82 Å². The number of carboxylic acids is 1. The van der Waals surface area contributed by atoms with Crippen molar-refractivity contribution >= 4 is 25.7 Å². The highest BCUT2D eigenvalue weighted by atomic mass is 31.2. The lowest BCUT2D eigenvalue weighted by Crippen LogP contribution is -2.43. The van der Waals surface area contributed by atoms with Gasteiger partial charge in [0.05, 0.1) is 13.2 Å². The molecule has 0 aromatic rings. The van der Waals surface area contributed by atoms with Crippen LogP contribution in [0.2, 0.25) is 0 Å². The number of esters is 1. The number of carbonyl (C=O) groups excluding carboxylic acids is 2. The minimum absolute atomic E-state index is 0.0675. The molecule has 3 unspecified atom stereocenters. The van der Waals surface area contributed by atoms with Crippen LogP contribution in [0.5, 0.6) is 0 Å². The normalized spacial score (nSPS) is 14.2. The highest BCUT2D eigenvalue weighted by Crippen LogP contribution is 2.43. The van der Waals surface area contributed by atoms with Crippen molar-refractivity contribution in [1.82, 2.24) is 5.32 Å². The molecule has 60 heavy (non-hydrogen) atoms. The highest BCUT2D eigenvalue weighted by molar-refractivity contribution is 7.47. The summed E-state index contributed by atoms with van der Waals surface area (Å²) < 4.78 is 26.8. The van der Waals surface area contributed by atoms with Crippen molar-refractivity contribution in [2.45, 2.75) is 206 Å². The fraction of sp³-hybridized carbons (Fsp3) is 0.729. The Balaban J connectivity index is 3.94. The third-order valence-electron chi connectivity index (χ3n) is 9.78. The zero-order valence-electron chi connectivity index (χ0n) is 37.5. The Hall–Kier alpha value is -2.82. The lowest BCUT2D eigenvalue weighted by Gasteiger charge is -2.18. The maximum atomic E-state index is 12.3. The molecule has 0 saturated heterocycles. The second-order valence-corrected chi connectivity index (χ2v) is 17.0. The maximum Gasteiger partial charge on any atom is 0.472 e. The molecule has 0 aliphatic heterocycles. The fourth-order valence-electron chi connectivity index (χ4n) is 6.13. The van der Waals surface area contributed by atoms with Crippen LogP contribution in [0.1, 0.15) is 194 Å². The van der Waals surface area contributed by atoms with Crippen molar-refractivity contribution in [2.75, 3.05) is 19.8 Å². The van der Waals surface area contributed by atoms with Gasteiger partial charge in [-0.25, -0.2) is 9.36 Å². The van der Waals surface area contributed by atoms with Gasteiger partial charge in [-0.3, -0.25) is 18.6 Å². The number of phosphoric acid groups is 1. The molecule has 4 N–H and O–H groups in total. The van der Waals surface area contributed by atoms with Crippen molar-refractivity contribution < 1.29 is 47.8 Å². The Bertz CT molecular complexity index is 1250. The molecule has 1 amide bonds. The standard InChI is InChI=1S/C48H84NO10P/c1-3-5-7-9-11-13-15-17-19-21-22-24-26-28-30-32-34-36-38-40-47(52)57-41-44(50)42-58-60(55,56)59-43-45(48(53)54)49-46(51)39-37-35-33-31-29-27-25-23-20-18-16-14-12-10-8-6-4-2/h12,14,17-20,25,27,31,33,44-45,50H,3-11,13,15-16,21-24,26,28-30,32,34-43H2,1-2H3,(H,49,51)(H,53,54)(H,55,56)/b14-12-,19-17+,20-18-,27-25-,33-31-. The Morgan fingerprint density at radius 3 is 1.45 bits per heavy atom. The van der Waals surface area contributed by atoms with E-state index in [9.17, 15) is 34.1 Å². The second-order valence-electron chi connectivity index (χ2n) is 15.6. The number of carbonyl (C=O) groups is 3.